The molecule has 0 bridgehead atoms. The van der Waals surface area contributed by atoms with Gasteiger partial charge in [0.15, 0.2) is 5.78 Å². The zero-order chi connectivity index (χ0) is 18.8. The van der Waals surface area contributed by atoms with Gasteiger partial charge in [0.05, 0.1) is 5.69 Å². The molecule has 0 fully saturated rings. The van der Waals surface area contributed by atoms with E-state index >= 15 is 0 Å². The first kappa shape index (κ1) is 16.9. The number of fused-ring (bicyclic) bond motifs is 1. The minimum Gasteiger partial charge on any atom is -0.337 e. The van der Waals surface area contributed by atoms with E-state index in [1.165, 1.54) is 17.1 Å². The van der Waals surface area contributed by atoms with Crippen LogP contribution in [0.25, 0.3) is 0 Å². The molecule has 3 aromatic rings. The molecule has 1 amide bonds. The van der Waals surface area contributed by atoms with E-state index in [4.69, 9.17) is 0 Å². The summed E-state index contributed by atoms with van der Waals surface area (Å²) in [4.78, 5) is 25.2. The Morgan fingerprint density at radius 1 is 1.00 bits per heavy atom. The highest BCUT2D eigenvalue weighted by atomic mass is 19.1. The minimum atomic E-state index is -0.351. The van der Waals surface area contributed by atoms with Crippen LogP contribution in [0.5, 0.6) is 0 Å². The fourth-order valence-corrected chi connectivity index (χ4v) is 3.01. The standard InChI is InChI=1S/C21H16FN3O2/c22-17-10-8-16(9-11-17)21-18-7-4-12-24(18)14-20(27)25(23-21)13-19(26)15-5-2-1-3-6-15/h1-12H,13-14H2. The monoisotopic (exact) mass is 361 g/mol. The maximum absolute atomic E-state index is 13.3. The van der Waals surface area contributed by atoms with E-state index in [9.17, 15) is 14.0 Å². The Morgan fingerprint density at radius 3 is 2.48 bits per heavy atom. The summed E-state index contributed by atoms with van der Waals surface area (Å²) in [5.74, 6) is -0.831. The molecule has 0 aliphatic carbocycles. The number of rotatable bonds is 4. The number of carbonyl (C=O) groups excluding carboxylic acids is 2. The molecule has 1 aliphatic rings. The van der Waals surface area contributed by atoms with E-state index in [0.717, 1.165) is 5.69 Å². The number of hydrogen-bond donors (Lipinski definition) is 0. The average Bonchev–Trinajstić information content (AvgIpc) is 3.09. The molecule has 1 aromatic heterocycles. The van der Waals surface area contributed by atoms with Crippen LogP contribution in [0.2, 0.25) is 0 Å². The van der Waals surface area contributed by atoms with Crippen molar-refractivity contribution in [1.82, 2.24) is 9.58 Å². The predicted molar refractivity (Wildman–Crippen MR) is 99.0 cm³/mol. The number of hydrogen-bond acceptors (Lipinski definition) is 3. The lowest BCUT2D eigenvalue weighted by Crippen LogP contribution is -2.33. The predicted octanol–water partition coefficient (Wildman–Crippen LogP) is 3.10. The lowest BCUT2D eigenvalue weighted by atomic mass is 10.1. The number of benzene rings is 2. The average molecular weight is 361 g/mol. The second-order valence-electron chi connectivity index (χ2n) is 6.22. The first-order valence-corrected chi connectivity index (χ1v) is 8.50. The maximum Gasteiger partial charge on any atom is 0.263 e. The Hall–Kier alpha value is -3.54. The summed E-state index contributed by atoms with van der Waals surface area (Å²) in [5, 5.41) is 5.67. The third-order valence-electron chi connectivity index (χ3n) is 4.39. The summed E-state index contributed by atoms with van der Waals surface area (Å²) in [6.45, 7) is -0.0724. The highest BCUT2D eigenvalue weighted by Gasteiger charge is 2.25. The minimum absolute atomic E-state index is 0.0819. The van der Waals surface area contributed by atoms with E-state index in [1.54, 1.807) is 47.2 Å². The summed E-state index contributed by atoms with van der Waals surface area (Å²) in [7, 11) is 0. The van der Waals surface area contributed by atoms with Gasteiger partial charge in [-0.15, -0.1) is 0 Å². The van der Waals surface area contributed by atoms with E-state index in [0.29, 0.717) is 16.8 Å². The first-order chi connectivity index (χ1) is 13.1. The van der Waals surface area contributed by atoms with Crippen molar-refractivity contribution in [1.29, 1.82) is 0 Å². The Morgan fingerprint density at radius 2 is 1.74 bits per heavy atom. The summed E-state index contributed by atoms with van der Waals surface area (Å²) in [6, 6.07) is 18.4. The topological polar surface area (TPSA) is 54.7 Å². The fraction of sp³-hybridized carbons (Fsp3) is 0.0952. The molecule has 1 aliphatic heterocycles. The molecule has 4 rings (SSSR count). The summed E-state index contributed by atoms with van der Waals surface area (Å²) < 4.78 is 15.1. The quantitative estimate of drug-likeness (QED) is 0.671. The van der Waals surface area contributed by atoms with E-state index in [1.807, 2.05) is 18.2 Å². The Kier molecular flexibility index (Phi) is 4.38. The molecule has 6 heteroatoms. The third kappa shape index (κ3) is 3.42. The molecule has 2 heterocycles. The van der Waals surface area contributed by atoms with Gasteiger partial charge in [0.1, 0.15) is 24.6 Å². The number of carbonyl (C=O) groups is 2. The van der Waals surface area contributed by atoms with E-state index in [2.05, 4.69) is 5.10 Å². The number of halogens is 1. The van der Waals surface area contributed by atoms with Gasteiger partial charge in [-0.2, -0.15) is 5.10 Å². The van der Waals surface area contributed by atoms with Crippen molar-refractivity contribution in [2.24, 2.45) is 5.10 Å². The molecule has 0 radical (unpaired) electrons. The zero-order valence-electron chi connectivity index (χ0n) is 14.4. The van der Waals surface area contributed by atoms with Crippen molar-refractivity contribution >= 4 is 17.4 Å². The molecular weight excluding hydrogens is 345 g/mol. The second kappa shape index (κ2) is 6.99. The highest BCUT2D eigenvalue weighted by Crippen LogP contribution is 2.18. The van der Waals surface area contributed by atoms with Crippen molar-refractivity contribution in [3.63, 3.8) is 0 Å². The molecule has 0 spiro atoms. The van der Waals surface area contributed by atoms with Crippen LogP contribution < -0.4 is 0 Å². The van der Waals surface area contributed by atoms with Gasteiger partial charge in [0.25, 0.3) is 5.91 Å². The largest absolute Gasteiger partial charge is 0.337 e. The smallest absolute Gasteiger partial charge is 0.263 e. The van der Waals surface area contributed by atoms with Crippen LogP contribution >= 0.6 is 0 Å². The molecule has 5 nitrogen and oxygen atoms in total. The SMILES string of the molecule is O=C(CN1N=C(c2ccc(F)cc2)c2cccn2CC1=O)c1ccccc1. The van der Waals surface area contributed by atoms with E-state index < -0.39 is 0 Å². The van der Waals surface area contributed by atoms with Crippen LogP contribution in [0.3, 0.4) is 0 Å². The number of ketones is 1. The van der Waals surface area contributed by atoms with Crippen LogP contribution in [0.15, 0.2) is 78.0 Å². The molecule has 0 unspecified atom stereocenters. The summed E-state index contributed by atoms with van der Waals surface area (Å²) >= 11 is 0. The fourth-order valence-electron chi connectivity index (χ4n) is 3.01. The first-order valence-electron chi connectivity index (χ1n) is 8.50. The van der Waals surface area contributed by atoms with Gasteiger partial charge in [-0.05, 0) is 36.4 Å². The van der Waals surface area contributed by atoms with Gasteiger partial charge < -0.3 is 4.57 Å². The number of Topliss-reactive ketones (excluding diaryl/α,β-unsaturated/α-hetero) is 1. The molecular formula is C21H16FN3O2. The van der Waals surface area contributed by atoms with Crippen LogP contribution in [-0.2, 0) is 11.3 Å². The van der Waals surface area contributed by atoms with Gasteiger partial charge in [0.2, 0.25) is 0 Å². The van der Waals surface area contributed by atoms with Crippen molar-refractivity contribution < 1.29 is 14.0 Å². The lowest BCUT2D eigenvalue weighted by molar-refractivity contribution is -0.131. The normalized spacial score (nSPS) is 13.7. The van der Waals surface area contributed by atoms with Crippen molar-refractivity contribution in [2.75, 3.05) is 6.54 Å². The Labute approximate surface area is 155 Å². The van der Waals surface area contributed by atoms with Gasteiger partial charge >= 0.3 is 0 Å². The molecule has 0 atom stereocenters. The maximum atomic E-state index is 13.3. The van der Waals surface area contributed by atoms with Crippen molar-refractivity contribution in [3.8, 4) is 0 Å². The molecule has 27 heavy (non-hydrogen) atoms. The molecule has 0 saturated carbocycles. The van der Waals surface area contributed by atoms with Crippen LogP contribution in [0.1, 0.15) is 21.6 Å². The lowest BCUT2D eigenvalue weighted by Gasteiger charge is -2.15. The summed E-state index contributed by atoms with van der Waals surface area (Å²) in [5.41, 5.74) is 2.45. The zero-order valence-corrected chi connectivity index (χ0v) is 14.4. The molecule has 2 aromatic carbocycles. The second-order valence-corrected chi connectivity index (χ2v) is 6.22. The van der Waals surface area contributed by atoms with Crippen LogP contribution in [0.4, 0.5) is 4.39 Å². The van der Waals surface area contributed by atoms with Crippen molar-refractivity contribution in [3.05, 3.63) is 95.6 Å². The molecule has 134 valence electrons. The molecule has 0 N–H and O–H groups in total. The molecule has 0 saturated heterocycles. The summed E-state index contributed by atoms with van der Waals surface area (Å²) in [6.07, 6.45) is 1.79. The van der Waals surface area contributed by atoms with Crippen LogP contribution in [0, 0.1) is 5.82 Å². The highest BCUT2D eigenvalue weighted by molar-refractivity contribution is 6.13. The number of amides is 1. The number of aromatic nitrogens is 1. The van der Waals surface area contributed by atoms with Gasteiger partial charge in [-0.1, -0.05) is 30.3 Å². The van der Waals surface area contributed by atoms with E-state index in [-0.39, 0.29) is 30.6 Å². The number of nitrogens with zero attached hydrogens (tertiary/aromatic N) is 3. The van der Waals surface area contributed by atoms with Gasteiger partial charge in [-0.25, -0.2) is 9.40 Å². The Bertz CT molecular complexity index is 1020. The van der Waals surface area contributed by atoms with Crippen LogP contribution in [-0.4, -0.2) is 33.5 Å². The van der Waals surface area contributed by atoms with Crippen molar-refractivity contribution in [2.45, 2.75) is 6.54 Å². The third-order valence-corrected chi connectivity index (χ3v) is 4.39. The Balaban J connectivity index is 1.72. The number of hydrazone groups is 1. The van der Waals surface area contributed by atoms with Gasteiger partial charge in [0, 0.05) is 17.3 Å². The van der Waals surface area contributed by atoms with Gasteiger partial charge in [-0.3, -0.25) is 9.59 Å².